The fourth-order valence-electron chi connectivity index (χ4n) is 7.87. The van der Waals surface area contributed by atoms with Gasteiger partial charge in [0.1, 0.15) is 52.7 Å². The van der Waals surface area contributed by atoms with Crippen molar-refractivity contribution in [2.45, 2.75) is 75.5 Å². The number of carbonyl (C=O) groups is 2. The van der Waals surface area contributed by atoms with Crippen LogP contribution in [0.25, 0.3) is 22.1 Å². The highest BCUT2D eigenvalue weighted by Crippen LogP contribution is 2.40. The summed E-state index contributed by atoms with van der Waals surface area (Å²) >= 11 is 15.7. The van der Waals surface area contributed by atoms with Crippen LogP contribution in [0.5, 0.6) is 0 Å². The number of anilines is 3. The molecule has 4 aliphatic rings. The maximum atomic E-state index is 13.3. The third kappa shape index (κ3) is 6.38. The monoisotopic (exact) mass is 850 g/mol. The summed E-state index contributed by atoms with van der Waals surface area (Å²) in [4.78, 5) is 66.1. The van der Waals surface area contributed by atoms with Gasteiger partial charge < -0.3 is 21.7 Å². The van der Waals surface area contributed by atoms with E-state index in [2.05, 4.69) is 72.2 Å². The predicted molar refractivity (Wildman–Crippen MR) is 207 cm³/mol. The number of rotatable bonds is 2. The molecule has 0 saturated heterocycles. The molecule has 6 aromatic heterocycles. The summed E-state index contributed by atoms with van der Waals surface area (Å²) in [6.07, 6.45) is 15.1. The van der Waals surface area contributed by atoms with Gasteiger partial charge in [-0.05, 0) is 79.4 Å². The minimum absolute atomic E-state index is 0.186. The average Bonchev–Trinajstić information content (AvgIpc) is 3.96. The lowest BCUT2D eigenvalue weighted by Gasteiger charge is -2.35. The molecule has 0 unspecified atom stereocenters. The first-order valence-corrected chi connectivity index (χ1v) is 19.1. The van der Waals surface area contributed by atoms with E-state index in [-0.39, 0.29) is 39.3 Å². The van der Waals surface area contributed by atoms with Crippen LogP contribution in [-0.4, -0.2) is 61.3 Å². The second kappa shape index (κ2) is 14.3. The third-order valence-corrected chi connectivity index (χ3v) is 11.5. The van der Waals surface area contributed by atoms with Crippen molar-refractivity contribution in [2.75, 3.05) is 11.1 Å². The zero-order valence-corrected chi connectivity index (χ0v) is 32.1. The summed E-state index contributed by atoms with van der Waals surface area (Å²) in [7, 11) is 0. The molecule has 0 atom stereocenters. The Balaban J connectivity index is 0.000000130. The molecule has 55 heavy (non-hydrogen) atoms. The highest BCUT2D eigenvalue weighted by Gasteiger charge is 2.46. The summed E-state index contributed by atoms with van der Waals surface area (Å²) in [6.45, 7) is 0. The van der Waals surface area contributed by atoms with Gasteiger partial charge in [0, 0.05) is 0 Å². The van der Waals surface area contributed by atoms with Crippen molar-refractivity contribution >= 4 is 90.3 Å². The number of H-pyrrole nitrogens is 2. The lowest BCUT2D eigenvalue weighted by molar-refractivity contribution is 0.0867. The van der Waals surface area contributed by atoms with Crippen LogP contribution < -0.4 is 32.8 Å². The predicted octanol–water partition coefficient (Wildman–Crippen LogP) is 4.83. The summed E-state index contributed by atoms with van der Waals surface area (Å²) in [5.41, 5.74) is 5.76. The lowest BCUT2D eigenvalue weighted by atomic mass is 9.89. The van der Waals surface area contributed by atoms with E-state index in [0.29, 0.717) is 56.3 Å². The Morgan fingerprint density at radius 2 is 1.20 bits per heavy atom. The first-order chi connectivity index (χ1) is 26.5. The zero-order valence-electron chi connectivity index (χ0n) is 29.0. The molecule has 0 bridgehead atoms. The summed E-state index contributed by atoms with van der Waals surface area (Å²) < 4.78 is 3.49. The molecule has 2 spiro atoms. The van der Waals surface area contributed by atoms with Gasteiger partial charge >= 0.3 is 0 Å². The number of nitrogens with two attached hydrogens (primary N) is 1. The van der Waals surface area contributed by atoms with Gasteiger partial charge in [0.25, 0.3) is 22.9 Å². The van der Waals surface area contributed by atoms with Crippen molar-refractivity contribution in [2.24, 2.45) is 0 Å². The Labute approximate surface area is 329 Å². The number of carbonyl (C=O) groups excluding carboxylic acids is 2. The van der Waals surface area contributed by atoms with Gasteiger partial charge in [-0.15, -0.1) is 0 Å². The number of hydrogen-bond donors (Lipinski definition) is 6. The first-order valence-electron chi connectivity index (χ1n) is 17.6. The molecule has 0 aromatic carbocycles. The maximum Gasteiger partial charge on any atom is 0.276 e. The zero-order chi connectivity index (χ0) is 38.5. The average molecular weight is 853 g/mol. The molecule has 0 radical (unpaired) electrons. The molecule has 21 heteroatoms. The molecular formula is C34H33BrCl2N14O4. The highest BCUT2D eigenvalue weighted by molar-refractivity contribution is 9.10. The van der Waals surface area contributed by atoms with Crippen molar-refractivity contribution in [3.05, 3.63) is 83.8 Å². The number of nitrogens with zero attached hydrogens (tertiary/aromatic N) is 8. The van der Waals surface area contributed by atoms with Crippen molar-refractivity contribution < 1.29 is 9.59 Å². The van der Waals surface area contributed by atoms with E-state index in [0.717, 1.165) is 56.8 Å². The molecule has 2 saturated carbocycles. The van der Waals surface area contributed by atoms with Crippen LogP contribution in [-0.2, 0) is 11.3 Å². The van der Waals surface area contributed by atoms with Crippen molar-refractivity contribution in [3.8, 4) is 0 Å². The van der Waals surface area contributed by atoms with Crippen molar-refractivity contribution in [1.82, 2.24) is 60.1 Å². The molecule has 7 N–H and O–H groups in total. The summed E-state index contributed by atoms with van der Waals surface area (Å²) in [6, 6.07) is 2.97. The van der Waals surface area contributed by atoms with Crippen LogP contribution >= 0.6 is 39.1 Å². The molecule has 2 aliphatic carbocycles. The SMILES string of the molecule is Nc1ncnc2[nH]ncc12.O=C1NC2(CCCCC2)n2c1c(Cl)cc(Br)c2=O.O=C1NC2(CCCCC2)n2c1c(Cl)cc(Nc1ncnc3[nH]ncc13)c2=O. The number of pyridine rings is 2. The molecule has 2 amide bonds. The van der Waals surface area contributed by atoms with Gasteiger partial charge in [0.05, 0.1) is 37.7 Å². The van der Waals surface area contributed by atoms with E-state index in [1.165, 1.54) is 29.4 Å². The number of fused-ring (bicyclic) bond motifs is 6. The topological polar surface area (TPSA) is 249 Å². The summed E-state index contributed by atoms with van der Waals surface area (Å²) in [5, 5.41) is 24.1. The first kappa shape index (κ1) is 36.6. The smallest absolute Gasteiger partial charge is 0.276 e. The number of aromatic nitrogens is 10. The number of halogens is 3. The molecule has 10 rings (SSSR count). The fourth-order valence-corrected chi connectivity index (χ4v) is 8.96. The molecule has 6 aromatic rings. The Hall–Kier alpha value is -5.40. The molecule has 2 aliphatic heterocycles. The van der Waals surface area contributed by atoms with E-state index >= 15 is 0 Å². The van der Waals surface area contributed by atoms with Crippen LogP contribution in [0.1, 0.15) is 85.2 Å². The number of amides is 2. The van der Waals surface area contributed by atoms with Crippen LogP contribution in [0.3, 0.4) is 0 Å². The van der Waals surface area contributed by atoms with Gasteiger partial charge in [-0.1, -0.05) is 36.0 Å². The number of nitrogen functional groups attached to an aromatic ring is 1. The largest absolute Gasteiger partial charge is 0.383 e. The normalized spacial score (nSPS) is 17.5. The molecule has 284 valence electrons. The molecule has 18 nitrogen and oxygen atoms in total. The van der Waals surface area contributed by atoms with Gasteiger partial charge in [0.2, 0.25) is 0 Å². The van der Waals surface area contributed by atoms with Crippen LogP contribution in [0, 0.1) is 0 Å². The van der Waals surface area contributed by atoms with E-state index < -0.39 is 11.3 Å². The van der Waals surface area contributed by atoms with E-state index in [1.807, 2.05) is 0 Å². The Kier molecular flexibility index (Phi) is 9.54. The third-order valence-electron chi connectivity index (χ3n) is 10.4. The van der Waals surface area contributed by atoms with Gasteiger partial charge in [-0.25, -0.2) is 19.9 Å². The number of nitrogens with one attached hydrogen (secondary N) is 5. The number of aromatic amines is 2. The second-order valence-electron chi connectivity index (χ2n) is 13.7. The molecule has 2 fully saturated rings. The van der Waals surface area contributed by atoms with E-state index in [9.17, 15) is 19.2 Å². The van der Waals surface area contributed by atoms with E-state index in [1.54, 1.807) is 17.0 Å². The minimum Gasteiger partial charge on any atom is -0.383 e. The highest BCUT2D eigenvalue weighted by atomic mass is 79.9. The van der Waals surface area contributed by atoms with Crippen LogP contribution in [0.15, 0.2) is 51.2 Å². The van der Waals surface area contributed by atoms with Crippen LogP contribution in [0.2, 0.25) is 10.0 Å². The minimum atomic E-state index is -0.695. The second-order valence-corrected chi connectivity index (χ2v) is 15.4. The van der Waals surface area contributed by atoms with Crippen molar-refractivity contribution in [3.63, 3.8) is 0 Å². The molecular weight excluding hydrogens is 819 g/mol. The number of hydrogen-bond acceptors (Lipinski definition) is 12. The Bertz CT molecular complexity index is 2610. The van der Waals surface area contributed by atoms with Crippen LogP contribution in [0.4, 0.5) is 17.3 Å². The van der Waals surface area contributed by atoms with E-state index in [4.69, 9.17) is 28.9 Å². The lowest BCUT2D eigenvalue weighted by Crippen LogP contribution is -2.48. The Morgan fingerprint density at radius 1 is 0.691 bits per heavy atom. The fraction of sp³-hybridized carbons (Fsp3) is 0.353. The van der Waals surface area contributed by atoms with Gasteiger partial charge in [0.15, 0.2) is 11.3 Å². The quantitative estimate of drug-likeness (QED) is 0.137. The van der Waals surface area contributed by atoms with Gasteiger partial charge in [-0.3, -0.25) is 38.5 Å². The standard InChI is InChI=1S/C17H16ClN7O2.C12H12BrClN2O2.C5H5N5/c18-10-6-11(22-13-9-7-21-24-14(9)20-8-19-13)16(27)25-12(10)15(26)23-17(25)4-2-1-3-5-17;13-7-6-8(14)9-10(17)15-12(16(9)11(7)18)4-2-1-3-5-12;6-4-3-1-9-10-5(3)8-2-7-4/h6-8H,1-5H2,(H,23,26)(H2,19,20,21,22,24);6H,1-5H2,(H,15,17);1-2H,(H3,6,7,8,9,10). The van der Waals surface area contributed by atoms with Crippen molar-refractivity contribution in [1.29, 1.82) is 0 Å². The molecule has 8 heterocycles. The summed E-state index contributed by atoms with van der Waals surface area (Å²) in [5.74, 6) is 0.354. The maximum absolute atomic E-state index is 13.3. The Morgan fingerprint density at radius 3 is 1.78 bits per heavy atom. The van der Waals surface area contributed by atoms with Gasteiger partial charge in [-0.2, -0.15) is 10.2 Å².